The Balaban J connectivity index is 1.61. The largest absolute Gasteiger partial charge is 0.476 e. The lowest BCUT2D eigenvalue weighted by molar-refractivity contribution is -0.127. The van der Waals surface area contributed by atoms with Crippen LogP contribution in [0.2, 0.25) is 0 Å². The molecule has 0 aliphatic carbocycles. The molecular weight excluding hydrogens is 479 g/mol. The minimum Gasteiger partial charge on any atom is -0.476 e. The van der Waals surface area contributed by atoms with Crippen LogP contribution >= 0.6 is 0 Å². The Kier molecular flexibility index (Phi) is 7.09. The minimum atomic E-state index is -3.95. The quantitative estimate of drug-likeness (QED) is 0.520. The Labute approximate surface area is 212 Å². The second-order valence-corrected chi connectivity index (χ2v) is 11.9. The highest BCUT2D eigenvalue weighted by atomic mass is 32.2. The summed E-state index contributed by atoms with van der Waals surface area (Å²) in [7, 11) is -3.95. The zero-order valence-electron chi connectivity index (χ0n) is 20.9. The van der Waals surface area contributed by atoms with Gasteiger partial charge in [0.05, 0.1) is 17.1 Å². The third-order valence-electron chi connectivity index (χ3n) is 6.22. The second-order valence-electron chi connectivity index (χ2n) is 10.1. The number of sulfonamides is 1. The molecule has 1 heterocycles. The van der Waals surface area contributed by atoms with Gasteiger partial charge in [-0.05, 0) is 66.3 Å². The third-order valence-corrected chi connectivity index (χ3v) is 8.02. The molecule has 1 amide bonds. The number of amides is 1. The van der Waals surface area contributed by atoms with Crippen molar-refractivity contribution in [2.45, 2.75) is 50.5 Å². The SMILES string of the molecule is Cc1ccc(S(=O)(=O)N2C[C@@H](C(=O)NCCc3ccc(F)cc3)Oc3ccc(C(C)(C)C)cc32)cc1. The van der Waals surface area contributed by atoms with Gasteiger partial charge >= 0.3 is 0 Å². The van der Waals surface area contributed by atoms with Crippen LogP contribution in [-0.4, -0.2) is 33.5 Å². The number of fused-ring (bicyclic) bond motifs is 1. The molecule has 8 heteroatoms. The molecule has 1 aliphatic heterocycles. The number of halogens is 1. The summed E-state index contributed by atoms with van der Waals surface area (Å²) in [5, 5.41) is 2.82. The van der Waals surface area contributed by atoms with Gasteiger partial charge in [0.2, 0.25) is 0 Å². The van der Waals surface area contributed by atoms with Crippen molar-refractivity contribution >= 4 is 21.6 Å². The molecule has 4 rings (SSSR count). The van der Waals surface area contributed by atoms with Crippen molar-refractivity contribution in [2.75, 3.05) is 17.4 Å². The number of nitrogens with one attached hydrogen (secondary N) is 1. The molecule has 0 radical (unpaired) electrons. The lowest BCUT2D eigenvalue weighted by atomic mass is 9.86. The molecule has 1 N–H and O–H groups in total. The van der Waals surface area contributed by atoms with Gasteiger partial charge in [0, 0.05) is 6.54 Å². The van der Waals surface area contributed by atoms with Crippen LogP contribution in [0, 0.1) is 12.7 Å². The maximum Gasteiger partial charge on any atom is 0.264 e. The highest BCUT2D eigenvalue weighted by molar-refractivity contribution is 7.92. The number of anilines is 1. The number of hydrogen-bond donors (Lipinski definition) is 1. The van der Waals surface area contributed by atoms with E-state index in [1.165, 1.54) is 16.4 Å². The molecule has 0 saturated carbocycles. The van der Waals surface area contributed by atoms with Crippen LogP contribution in [0.15, 0.2) is 71.6 Å². The highest BCUT2D eigenvalue weighted by Crippen LogP contribution is 2.40. The van der Waals surface area contributed by atoms with E-state index in [9.17, 15) is 17.6 Å². The number of ether oxygens (including phenoxy) is 1. The lowest BCUT2D eigenvalue weighted by Crippen LogP contribution is -2.51. The van der Waals surface area contributed by atoms with Crippen molar-refractivity contribution in [1.29, 1.82) is 0 Å². The number of carbonyl (C=O) groups is 1. The van der Waals surface area contributed by atoms with Crippen LogP contribution in [0.4, 0.5) is 10.1 Å². The number of hydrogen-bond acceptors (Lipinski definition) is 4. The first-order valence-corrected chi connectivity index (χ1v) is 13.3. The van der Waals surface area contributed by atoms with Crippen molar-refractivity contribution in [3.05, 3.63) is 89.2 Å². The number of aryl methyl sites for hydroxylation is 1. The van der Waals surface area contributed by atoms with E-state index >= 15 is 0 Å². The average molecular weight is 511 g/mol. The Morgan fingerprint density at radius 1 is 1.06 bits per heavy atom. The lowest BCUT2D eigenvalue weighted by Gasteiger charge is -2.36. The number of benzene rings is 3. The Bertz CT molecular complexity index is 1350. The standard InChI is InChI=1S/C28H31FN2O4S/c1-19-5-12-23(13-6-19)36(33,34)31-18-26(27(32)30-16-15-20-7-10-22(29)11-8-20)35-25-14-9-21(17-24(25)31)28(2,3)4/h5-14,17,26H,15-16,18H2,1-4H3,(H,30,32)/t26-/m0/s1. The summed E-state index contributed by atoms with van der Waals surface area (Å²) in [4.78, 5) is 13.2. The van der Waals surface area contributed by atoms with Crippen LogP contribution in [-0.2, 0) is 26.7 Å². The van der Waals surface area contributed by atoms with E-state index in [1.54, 1.807) is 42.5 Å². The van der Waals surface area contributed by atoms with Crippen molar-refractivity contribution in [3.8, 4) is 5.75 Å². The summed E-state index contributed by atoms with van der Waals surface area (Å²) < 4.78 is 47.8. The Hall–Kier alpha value is -3.39. The molecular formula is C28H31FN2O4S. The van der Waals surface area contributed by atoms with Crippen LogP contribution in [0.1, 0.15) is 37.5 Å². The fraction of sp³-hybridized carbons (Fsp3) is 0.321. The first kappa shape index (κ1) is 25.7. The van der Waals surface area contributed by atoms with Crippen molar-refractivity contribution in [2.24, 2.45) is 0 Å². The summed E-state index contributed by atoms with van der Waals surface area (Å²) >= 11 is 0. The molecule has 3 aromatic carbocycles. The molecule has 0 unspecified atom stereocenters. The number of carbonyl (C=O) groups excluding carboxylic acids is 1. The van der Waals surface area contributed by atoms with Crippen molar-refractivity contribution < 1.29 is 22.3 Å². The third kappa shape index (κ3) is 5.54. The molecule has 36 heavy (non-hydrogen) atoms. The van der Waals surface area contributed by atoms with E-state index in [4.69, 9.17) is 4.74 Å². The smallest absolute Gasteiger partial charge is 0.264 e. The predicted octanol–water partition coefficient (Wildman–Crippen LogP) is 4.75. The van der Waals surface area contributed by atoms with Gasteiger partial charge in [-0.2, -0.15) is 0 Å². The van der Waals surface area contributed by atoms with Gasteiger partial charge < -0.3 is 10.1 Å². The first-order valence-electron chi connectivity index (χ1n) is 11.9. The van der Waals surface area contributed by atoms with E-state index in [1.807, 2.05) is 19.1 Å². The monoisotopic (exact) mass is 510 g/mol. The summed E-state index contributed by atoms with van der Waals surface area (Å²) in [5.41, 5.74) is 2.99. The maximum absolute atomic E-state index is 13.7. The number of nitrogens with zero attached hydrogens (tertiary/aromatic N) is 1. The Morgan fingerprint density at radius 3 is 2.36 bits per heavy atom. The van der Waals surface area contributed by atoms with Crippen LogP contribution in [0.3, 0.4) is 0 Å². The van der Waals surface area contributed by atoms with Gasteiger partial charge in [-0.3, -0.25) is 9.10 Å². The first-order chi connectivity index (χ1) is 16.9. The van der Waals surface area contributed by atoms with E-state index < -0.39 is 22.0 Å². The zero-order chi connectivity index (χ0) is 26.1. The molecule has 3 aromatic rings. The normalized spacial score (nSPS) is 15.7. The molecule has 0 spiro atoms. The summed E-state index contributed by atoms with van der Waals surface area (Å²) in [5.74, 6) is -0.392. The van der Waals surface area contributed by atoms with E-state index in [-0.39, 0.29) is 22.7 Å². The summed E-state index contributed by atoms with van der Waals surface area (Å²) in [6.45, 7) is 8.20. The highest BCUT2D eigenvalue weighted by Gasteiger charge is 2.38. The maximum atomic E-state index is 13.7. The molecule has 1 aliphatic rings. The average Bonchev–Trinajstić information content (AvgIpc) is 2.83. The fourth-order valence-electron chi connectivity index (χ4n) is 4.01. The zero-order valence-corrected chi connectivity index (χ0v) is 21.7. The van der Waals surface area contributed by atoms with E-state index in [0.29, 0.717) is 24.4 Å². The van der Waals surface area contributed by atoms with Gasteiger partial charge in [0.25, 0.3) is 15.9 Å². The van der Waals surface area contributed by atoms with Gasteiger partial charge in [0.1, 0.15) is 11.6 Å². The Morgan fingerprint density at radius 2 is 1.72 bits per heavy atom. The second kappa shape index (κ2) is 9.93. The van der Waals surface area contributed by atoms with Crippen LogP contribution in [0.5, 0.6) is 5.75 Å². The van der Waals surface area contributed by atoms with E-state index in [0.717, 1.165) is 16.7 Å². The molecule has 0 saturated heterocycles. The minimum absolute atomic E-state index is 0.151. The topological polar surface area (TPSA) is 75.7 Å². The molecule has 0 fully saturated rings. The van der Waals surface area contributed by atoms with Gasteiger partial charge in [-0.15, -0.1) is 0 Å². The fourth-order valence-corrected chi connectivity index (χ4v) is 5.48. The van der Waals surface area contributed by atoms with Crippen LogP contribution in [0.25, 0.3) is 0 Å². The predicted molar refractivity (Wildman–Crippen MR) is 138 cm³/mol. The molecule has 6 nitrogen and oxygen atoms in total. The van der Waals surface area contributed by atoms with Gasteiger partial charge in [0.15, 0.2) is 6.10 Å². The van der Waals surface area contributed by atoms with Crippen LogP contribution < -0.4 is 14.4 Å². The molecule has 1 atom stereocenters. The van der Waals surface area contributed by atoms with Gasteiger partial charge in [-0.25, -0.2) is 12.8 Å². The van der Waals surface area contributed by atoms with E-state index in [2.05, 4.69) is 26.1 Å². The summed E-state index contributed by atoms with van der Waals surface area (Å²) in [6.07, 6.45) is -0.512. The van der Waals surface area contributed by atoms with Crippen molar-refractivity contribution in [1.82, 2.24) is 5.32 Å². The van der Waals surface area contributed by atoms with Gasteiger partial charge in [-0.1, -0.05) is 56.7 Å². The number of rotatable bonds is 6. The van der Waals surface area contributed by atoms with Crippen molar-refractivity contribution in [3.63, 3.8) is 0 Å². The molecule has 190 valence electrons. The molecule has 0 aromatic heterocycles. The molecule has 0 bridgehead atoms. The summed E-state index contributed by atoms with van der Waals surface area (Å²) in [6, 6.07) is 18.2.